The topological polar surface area (TPSA) is 93.9 Å². The molecule has 0 bridgehead atoms. The highest BCUT2D eigenvalue weighted by Crippen LogP contribution is 2.31. The molecule has 1 N–H and O–H groups in total. The smallest absolute Gasteiger partial charge is 0.321 e. The zero-order valence-corrected chi connectivity index (χ0v) is 13.6. The van der Waals surface area contributed by atoms with Crippen molar-refractivity contribution in [1.29, 1.82) is 0 Å². The first kappa shape index (κ1) is 16.6. The summed E-state index contributed by atoms with van der Waals surface area (Å²) < 4.78 is 11.0. The van der Waals surface area contributed by atoms with Gasteiger partial charge in [0.15, 0.2) is 11.5 Å². The molecule has 8 nitrogen and oxygen atoms in total. The van der Waals surface area contributed by atoms with Crippen LogP contribution >= 0.6 is 0 Å². The van der Waals surface area contributed by atoms with Crippen LogP contribution in [-0.4, -0.2) is 36.1 Å². The van der Waals surface area contributed by atoms with Crippen LogP contribution in [0.25, 0.3) is 0 Å². The van der Waals surface area contributed by atoms with Gasteiger partial charge in [0.25, 0.3) is 5.69 Å². The lowest BCUT2D eigenvalue weighted by atomic mass is 10.2. The maximum absolute atomic E-state index is 12.2. The third-order valence-corrected chi connectivity index (χ3v) is 3.70. The van der Waals surface area contributed by atoms with Gasteiger partial charge in [-0.15, -0.1) is 0 Å². The number of anilines is 1. The zero-order chi connectivity index (χ0) is 17.8. The fourth-order valence-corrected chi connectivity index (χ4v) is 2.42. The van der Waals surface area contributed by atoms with Crippen LogP contribution in [0.4, 0.5) is 16.2 Å². The SMILES string of the molecule is CN(Cc1ccc2c(c1)OCCO2)C(=O)Nc1ccc([N+](=O)[O-])cc1. The van der Waals surface area contributed by atoms with E-state index in [4.69, 9.17) is 9.47 Å². The van der Waals surface area contributed by atoms with E-state index in [-0.39, 0.29) is 11.7 Å². The Labute approximate surface area is 144 Å². The van der Waals surface area contributed by atoms with Crippen molar-refractivity contribution in [3.63, 3.8) is 0 Å². The minimum Gasteiger partial charge on any atom is -0.486 e. The molecule has 0 saturated carbocycles. The highest BCUT2D eigenvalue weighted by Gasteiger charge is 2.15. The van der Waals surface area contributed by atoms with Gasteiger partial charge in [-0.1, -0.05) is 6.07 Å². The van der Waals surface area contributed by atoms with Crippen LogP contribution < -0.4 is 14.8 Å². The van der Waals surface area contributed by atoms with E-state index in [9.17, 15) is 14.9 Å². The van der Waals surface area contributed by atoms with Crippen LogP contribution in [0.15, 0.2) is 42.5 Å². The van der Waals surface area contributed by atoms with Crippen molar-refractivity contribution in [2.75, 3.05) is 25.6 Å². The van der Waals surface area contributed by atoms with Gasteiger partial charge in [0.1, 0.15) is 13.2 Å². The summed E-state index contributed by atoms with van der Waals surface area (Å²) in [7, 11) is 1.66. The second-order valence-electron chi connectivity index (χ2n) is 5.57. The van der Waals surface area contributed by atoms with Crippen molar-refractivity contribution >= 4 is 17.4 Å². The van der Waals surface area contributed by atoms with E-state index in [1.54, 1.807) is 7.05 Å². The predicted molar refractivity (Wildman–Crippen MR) is 91.0 cm³/mol. The number of carbonyl (C=O) groups excluding carboxylic acids is 1. The minimum atomic E-state index is -0.487. The molecule has 1 aliphatic rings. The van der Waals surface area contributed by atoms with Gasteiger partial charge in [-0.3, -0.25) is 10.1 Å². The number of benzene rings is 2. The molecule has 0 aliphatic carbocycles. The number of rotatable bonds is 4. The summed E-state index contributed by atoms with van der Waals surface area (Å²) in [5, 5.41) is 13.3. The van der Waals surface area contributed by atoms with Gasteiger partial charge in [0, 0.05) is 31.4 Å². The van der Waals surface area contributed by atoms with Crippen LogP contribution in [0.3, 0.4) is 0 Å². The summed E-state index contributed by atoms with van der Waals surface area (Å²) in [5.74, 6) is 1.38. The number of nitrogens with zero attached hydrogens (tertiary/aromatic N) is 2. The number of fused-ring (bicyclic) bond motifs is 1. The summed E-state index contributed by atoms with van der Waals surface area (Å²) in [6.07, 6.45) is 0. The molecule has 25 heavy (non-hydrogen) atoms. The molecular formula is C17H17N3O5. The molecule has 0 aromatic heterocycles. The fraction of sp³-hybridized carbons (Fsp3) is 0.235. The summed E-state index contributed by atoms with van der Waals surface area (Å²) in [6.45, 7) is 1.42. The maximum Gasteiger partial charge on any atom is 0.321 e. The third kappa shape index (κ3) is 3.97. The molecule has 2 amide bonds. The Bertz CT molecular complexity index is 791. The maximum atomic E-state index is 12.2. The molecule has 0 fully saturated rings. The van der Waals surface area contributed by atoms with E-state index in [2.05, 4.69) is 5.32 Å². The van der Waals surface area contributed by atoms with Gasteiger partial charge < -0.3 is 19.7 Å². The van der Waals surface area contributed by atoms with Gasteiger partial charge in [-0.05, 0) is 29.8 Å². The average Bonchev–Trinajstić information content (AvgIpc) is 2.62. The van der Waals surface area contributed by atoms with Gasteiger partial charge in [0.05, 0.1) is 4.92 Å². The Morgan fingerprint density at radius 3 is 2.52 bits per heavy atom. The van der Waals surface area contributed by atoms with Crippen LogP contribution in [0, 0.1) is 10.1 Å². The van der Waals surface area contributed by atoms with E-state index in [1.165, 1.54) is 29.2 Å². The number of nitrogens with one attached hydrogen (secondary N) is 1. The standard InChI is InChI=1S/C17H17N3O5/c1-19(11-12-2-7-15-16(10-12)25-9-8-24-15)17(21)18-13-3-5-14(6-4-13)20(22)23/h2-7,10H,8-9,11H2,1H3,(H,18,21). The van der Waals surface area contributed by atoms with Gasteiger partial charge in [-0.2, -0.15) is 0 Å². The van der Waals surface area contributed by atoms with Gasteiger partial charge in [-0.25, -0.2) is 4.79 Å². The number of carbonyl (C=O) groups is 1. The molecular weight excluding hydrogens is 326 g/mol. The lowest BCUT2D eigenvalue weighted by molar-refractivity contribution is -0.384. The van der Waals surface area contributed by atoms with E-state index < -0.39 is 4.92 Å². The number of nitro benzene ring substituents is 1. The molecule has 1 heterocycles. The molecule has 2 aromatic rings. The number of urea groups is 1. The molecule has 8 heteroatoms. The fourth-order valence-electron chi connectivity index (χ4n) is 2.42. The molecule has 3 rings (SSSR count). The Kier molecular flexibility index (Phi) is 4.69. The monoisotopic (exact) mass is 343 g/mol. The summed E-state index contributed by atoms with van der Waals surface area (Å²) in [6, 6.07) is 10.9. The highest BCUT2D eigenvalue weighted by molar-refractivity contribution is 5.89. The first-order chi connectivity index (χ1) is 12.0. The second-order valence-corrected chi connectivity index (χ2v) is 5.57. The van der Waals surface area contributed by atoms with Crippen LogP contribution in [0.5, 0.6) is 11.5 Å². The minimum absolute atomic E-state index is 0.0253. The van der Waals surface area contributed by atoms with Crippen molar-refractivity contribution in [3.8, 4) is 11.5 Å². The molecule has 0 radical (unpaired) electrons. The lowest BCUT2D eigenvalue weighted by Gasteiger charge is -2.21. The number of hydrogen-bond donors (Lipinski definition) is 1. The van der Waals surface area contributed by atoms with Crippen LogP contribution in [0.1, 0.15) is 5.56 Å². The largest absolute Gasteiger partial charge is 0.486 e. The number of amides is 2. The zero-order valence-electron chi connectivity index (χ0n) is 13.6. The Morgan fingerprint density at radius 1 is 1.16 bits per heavy atom. The Morgan fingerprint density at radius 2 is 1.84 bits per heavy atom. The molecule has 0 saturated heterocycles. The van der Waals surface area contributed by atoms with Crippen LogP contribution in [-0.2, 0) is 6.54 Å². The molecule has 0 unspecified atom stereocenters. The quantitative estimate of drug-likeness (QED) is 0.680. The van der Waals surface area contributed by atoms with E-state index in [0.29, 0.717) is 36.9 Å². The summed E-state index contributed by atoms with van der Waals surface area (Å²) >= 11 is 0. The van der Waals surface area contributed by atoms with Crippen molar-refractivity contribution in [1.82, 2.24) is 4.90 Å². The Hall–Kier alpha value is -3.29. The van der Waals surface area contributed by atoms with E-state index >= 15 is 0 Å². The van der Waals surface area contributed by atoms with Crippen molar-refractivity contribution in [2.45, 2.75) is 6.54 Å². The van der Waals surface area contributed by atoms with Gasteiger partial charge >= 0.3 is 6.03 Å². The van der Waals surface area contributed by atoms with Crippen molar-refractivity contribution in [2.24, 2.45) is 0 Å². The molecule has 1 aliphatic heterocycles. The number of nitro groups is 1. The third-order valence-electron chi connectivity index (χ3n) is 3.70. The van der Waals surface area contributed by atoms with E-state index in [1.807, 2.05) is 18.2 Å². The second kappa shape index (κ2) is 7.08. The summed E-state index contributed by atoms with van der Waals surface area (Å²) in [5.41, 5.74) is 1.37. The average molecular weight is 343 g/mol. The van der Waals surface area contributed by atoms with Crippen molar-refractivity contribution < 1.29 is 19.2 Å². The van der Waals surface area contributed by atoms with Gasteiger partial charge in [0.2, 0.25) is 0 Å². The number of hydrogen-bond acceptors (Lipinski definition) is 5. The summed E-state index contributed by atoms with van der Waals surface area (Å²) in [4.78, 5) is 23.9. The number of ether oxygens (including phenoxy) is 2. The molecule has 0 atom stereocenters. The van der Waals surface area contributed by atoms with Crippen LogP contribution in [0.2, 0.25) is 0 Å². The van der Waals surface area contributed by atoms with Crippen molar-refractivity contribution in [3.05, 3.63) is 58.1 Å². The molecule has 2 aromatic carbocycles. The highest BCUT2D eigenvalue weighted by atomic mass is 16.6. The first-order valence-electron chi connectivity index (χ1n) is 7.68. The number of non-ortho nitro benzene ring substituents is 1. The predicted octanol–water partition coefficient (Wildman–Crippen LogP) is 3.03. The van der Waals surface area contributed by atoms with E-state index in [0.717, 1.165) is 5.56 Å². The lowest BCUT2D eigenvalue weighted by Crippen LogP contribution is -2.30. The molecule has 130 valence electrons. The molecule has 0 spiro atoms. The normalized spacial score (nSPS) is 12.4. The Balaban J connectivity index is 1.61. The first-order valence-corrected chi connectivity index (χ1v) is 7.68.